The fourth-order valence-corrected chi connectivity index (χ4v) is 3.49. The van der Waals surface area contributed by atoms with Crippen LogP contribution in [0.25, 0.3) is 0 Å². The summed E-state index contributed by atoms with van der Waals surface area (Å²) in [5, 5.41) is 9.00. The minimum Gasteiger partial charge on any atom is -0.379 e. The Morgan fingerprint density at radius 3 is 2.62 bits per heavy atom. The summed E-state index contributed by atoms with van der Waals surface area (Å²) in [5.74, 6) is 1.97. The zero-order valence-corrected chi connectivity index (χ0v) is 18.1. The topological polar surface area (TPSA) is 48.9 Å². The van der Waals surface area contributed by atoms with Crippen LogP contribution < -0.4 is 10.6 Å². The summed E-state index contributed by atoms with van der Waals surface area (Å²) in [6.45, 7) is 11.3. The fraction of sp³-hybridized carbons (Fsp3) is 0.706. The van der Waals surface area contributed by atoms with Crippen molar-refractivity contribution in [1.29, 1.82) is 0 Å². The summed E-state index contributed by atoms with van der Waals surface area (Å²) in [4.78, 5) is 8.21. The van der Waals surface area contributed by atoms with Crippen LogP contribution in [0.2, 0.25) is 0 Å². The van der Waals surface area contributed by atoms with E-state index in [0.29, 0.717) is 11.8 Å². The van der Waals surface area contributed by atoms with Crippen molar-refractivity contribution < 1.29 is 4.74 Å². The van der Waals surface area contributed by atoms with E-state index < -0.39 is 0 Å². The van der Waals surface area contributed by atoms with Gasteiger partial charge in [0.1, 0.15) is 0 Å². The number of aliphatic imine (C=N–C) groups is 1. The number of hydrogen-bond donors (Lipinski definition) is 2. The van der Waals surface area contributed by atoms with Crippen LogP contribution in [0.15, 0.2) is 22.5 Å². The van der Waals surface area contributed by atoms with E-state index in [4.69, 9.17) is 4.74 Å². The molecule has 1 aliphatic heterocycles. The summed E-state index contributed by atoms with van der Waals surface area (Å²) in [6.07, 6.45) is 0. The lowest BCUT2D eigenvalue weighted by Crippen LogP contribution is -2.44. The molecule has 2 unspecified atom stereocenters. The molecule has 7 heteroatoms. The second-order valence-corrected chi connectivity index (χ2v) is 7.25. The molecule has 0 radical (unpaired) electrons. The molecule has 0 amide bonds. The molecule has 0 aromatic carbocycles. The second-order valence-electron chi connectivity index (χ2n) is 6.27. The first-order valence-electron chi connectivity index (χ1n) is 8.47. The molecule has 2 N–H and O–H groups in total. The van der Waals surface area contributed by atoms with Gasteiger partial charge in [0, 0.05) is 50.6 Å². The van der Waals surface area contributed by atoms with Crippen LogP contribution >= 0.6 is 35.3 Å². The van der Waals surface area contributed by atoms with Gasteiger partial charge < -0.3 is 15.4 Å². The maximum atomic E-state index is 5.40. The predicted octanol–water partition coefficient (Wildman–Crippen LogP) is 2.60. The van der Waals surface area contributed by atoms with Crippen molar-refractivity contribution >= 4 is 41.3 Å². The smallest absolute Gasteiger partial charge is 0.191 e. The molecule has 2 rings (SSSR count). The van der Waals surface area contributed by atoms with Crippen molar-refractivity contribution in [2.24, 2.45) is 10.9 Å². The van der Waals surface area contributed by atoms with Gasteiger partial charge in [-0.25, -0.2) is 0 Å². The van der Waals surface area contributed by atoms with Crippen molar-refractivity contribution in [3.63, 3.8) is 0 Å². The molecule has 0 saturated carbocycles. The number of thiophene rings is 1. The van der Waals surface area contributed by atoms with Gasteiger partial charge in [-0.2, -0.15) is 0 Å². The van der Waals surface area contributed by atoms with E-state index in [0.717, 1.165) is 51.9 Å². The highest BCUT2D eigenvalue weighted by Gasteiger charge is 2.14. The Hall–Kier alpha value is -0.380. The normalized spacial score (nSPS) is 18.5. The van der Waals surface area contributed by atoms with Gasteiger partial charge >= 0.3 is 0 Å². The third-order valence-corrected chi connectivity index (χ3v) is 5.22. The Labute approximate surface area is 167 Å². The molecule has 24 heavy (non-hydrogen) atoms. The van der Waals surface area contributed by atoms with Gasteiger partial charge in [-0.05, 0) is 17.4 Å². The van der Waals surface area contributed by atoms with Crippen LogP contribution in [0.1, 0.15) is 24.6 Å². The summed E-state index contributed by atoms with van der Waals surface area (Å²) in [6, 6.07) is 4.30. The quantitative estimate of drug-likeness (QED) is 0.369. The van der Waals surface area contributed by atoms with Crippen LogP contribution in [0, 0.1) is 5.92 Å². The molecule has 0 spiro atoms. The first-order chi connectivity index (χ1) is 11.2. The molecule has 5 nitrogen and oxygen atoms in total. The highest BCUT2D eigenvalue weighted by atomic mass is 127. The molecule has 0 bridgehead atoms. The molecule has 1 aromatic heterocycles. The van der Waals surface area contributed by atoms with E-state index in [-0.39, 0.29) is 24.0 Å². The van der Waals surface area contributed by atoms with Crippen molar-refractivity contribution in [2.45, 2.75) is 19.8 Å². The number of guanidine groups is 1. The van der Waals surface area contributed by atoms with E-state index in [1.54, 1.807) is 0 Å². The molecule has 1 fully saturated rings. The lowest BCUT2D eigenvalue weighted by atomic mass is 10.1. The standard InChI is InChI=1S/C17H30N4OS.HI/c1-14(13-21-6-8-22-9-7-21)11-19-17(18-3)20-12-15(2)16-5-4-10-23-16;/h4-5,10,14-15H,6-9,11-13H2,1-3H3,(H2,18,19,20);1H. The zero-order chi connectivity index (χ0) is 16.5. The third-order valence-electron chi connectivity index (χ3n) is 4.12. The highest BCUT2D eigenvalue weighted by molar-refractivity contribution is 14.0. The Balaban J connectivity index is 0.00000288. The zero-order valence-electron chi connectivity index (χ0n) is 15.0. The molecule has 0 aliphatic carbocycles. The van der Waals surface area contributed by atoms with Crippen LogP contribution in [-0.2, 0) is 4.74 Å². The number of hydrogen-bond acceptors (Lipinski definition) is 4. The van der Waals surface area contributed by atoms with E-state index in [1.165, 1.54) is 4.88 Å². The Morgan fingerprint density at radius 2 is 2.00 bits per heavy atom. The number of rotatable bonds is 7. The van der Waals surface area contributed by atoms with Crippen molar-refractivity contribution in [3.05, 3.63) is 22.4 Å². The summed E-state index contributed by atoms with van der Waals surface area (Å²) < 4.78 is 5.40. The van der Waals surface area contributed by atoms with Crippen LogP contribution in [-0.4, -0.2) is 63.8 Å². The molecular formula is C17H31IN4OS. The van der Waals surface area contributed by atoms with Crippen molar-refractivity contribution in [3.8, 4) is 0 Å². The van der Waals surface area contributed by atoms with Gasteiger partial charge in [-0.1, -0.05) is 19.9 Å². The lowest BCUT2D eigenvalue weighted by molar-refractivity contribution is 0.0320. The molecule has 2 atom stereocenters. The monoisotopic (exact) mass is 466 g/mol. The fourth-order valence-electron chi connectivity index (χ4n) is 2.70. The first-order valence-corrected chi connectivity index (χ1v) is 9.35. The number of ether oxygens (including phenoxy) is 1. The molecule has 1 aromatic rings. The van der Waals surface area contributed by atoms with Gasteiger partial charge in [0.05, 0.1) is 13.2 Å². The van der Waals surface area contributed by atoms with Crippen LogP contribution in [0.5, 0.6) is 0 Å². The largest absolute Gasteiger partial charge is 0.379 e. The van der Waals surface area contributed by atoms with Crippen molar-refractivity contribution in [1.82, 2.24) is 15.5 Å². The maximum Gasteiger partial charge on any atom is 0.191 e. The average molecular weight is 466 g/mol. The van der Waals surface area contributed by atoms with Gasteiger partial charge in [-0.15, -0.1) is 35.3 Å². The Bertz CT molecular complexity index is 463. The SMILES string of the molecule is CN=C(NCC(C)CN1CCOCC1)NCC(C)c1cccs1.I. The minimum atomic E-state index is 0. The molecule has 1 aliphatic rings. The van der Waals surface area contributed by atoms with Crippen LogP contribution in [0.3, 0.4) is 0 Å². The van der Waals surface area contributed by atoms with E-state index in [1.807, 2.05) is 18.4 Å². The van der Waals surface area contributed by atoms with E-state index in [9.17, 15) is 0 Å². The van der Waals surface area contributed by atoms with E-state index >= 15 is 0 Å². The summed E-state index contributed by atoms with van der Waals surface area (Å²) >= 11 is 1.81. The van der Waals surface area contributed by atoms with Gasteiger partial charge in [-0.3, -0.25) is 9.89 Å². The predicted molar refractivity (Wildman–Crippen MR) is 114 cm³/mol. The molecule has 1 saturated heterocycles. The number of morpholine rings is 1. The highest BCUT2D eigenvalue weighted by Crippen LogP contribution is 2.19. The number of nitrogens with zero attached hydrogens (tertiary/aromatic N) is 2. The Kier molecular flexibility index (Phi) is 10.9. The van der Waals surface area contributed by atoms with Gasteiger partial charge in [0.15, 0.2) is 5.96 Å². The molecule has 2 heterocycles. The van der Waals surface area contributed by atoms with Gasteiger partial charge in [0.25, 0.3) is 0 Å². The first kappa shape index (κ1) is 21.7. The van der Waals surface area contributed by atoms with Crippen molar-refractivity contribution in [2.75, 3.05) is 53.0 Å². The summed E-state index contributed by atoms with van der Waals surface area (Å²) in [7, 11) is 1.83. The Morgan fingerprint density at radius 1 is 1.29 bits per heavy atom. The lowest BCUT2D eigenvalue weighted by Gasteiger charge is -2.29. The van der Waals surface area contributed by atoms with E-state index in [2.05, 4.69) is 51.9 Å². The number of nitrogens with one attached hydrogen (secondary N) is 2. The number of halogens is 1. The minimum absolute atomic E-state index is 0. The van der Waals surface area contributed by atoms with Crippen LogP contribution in [0.4, 0.5) is 0 Å². The molecule has 138 valence electrons. The third kappa shape index (κ3) is 7.67. The summed E-state index contributed by atoms with van der Waals surface area (Å²) in [5.41, 5.74) is 0. The maximum absolute atomic E-state index is 5.40. The second kappa shape index (κ2) is 12.1. The van der Waals surface area contributed by atoms with Gasteiger partial charge in [0.2, 0.25) is 0 Å². The molecular weight excluding hydrogens is 435 g/mol. The average Bonchev–Trinajstić information content (AvgIpc) is 3.10.